The Morgan fingerprint density at radius 2 is 2.08 bits per heavy atom. The molecule has 3 heteroatoms. The zero-order chi connectivity index (χ0) is 9.68. The first-order chi connectivity index (χ1) is 6.24. The minimum Gasteiger partial charge on any atom is -0.468 e. The van der Waals surface area contributed by atoms with Crippen LogP contribution in [0.15, 0.2) is 0 Å². The van der Waals surface area contributed by atoms with Crippen molar-refractivity contribution in [3.8, 4) is 0 Å². The summed E-state index contributed by atoms with van der Waals surface area (Å²) in [6, 6.07) is 0. The number of carbonyl (C=O) groups excluding carboxylic acids is 1. The third kappa shape index (κ3) is 3.67. The molecule has 0 spiro atoms. The lowest BCUT2D eigenvalue weighted by Gasteiger charge is -2.22. The summed E-state index contributed by atoms with van der Waals surface area (Å²) in [7, 11) is 1.44. The summed E-state index contributed by atoms with van der Waals surface area (Å²) < 4.78 is 4.67. The van der Waals surface area contributed by atoms with Crippen LogP contribution in [0.5, 0.6) is 0 Å². The standard InChI is InChI=1S/C10H17BrO2/c1-13-10(12)9(11)7-8-5-3-2-4-6-8/h8-9H,2-7H2,1H3. The second kappa shape index (κ2) is 5.63. The van der Waals surface area contributed by atoms with E-state index in [-0.39, 0.29) is 10.8 Å². The van der Waals surface area contributed by atoms with Gasteiger partial charge in [-0.1, -0.05) is 48.0 Å². The van der Waals surface area contributed by atoms with Gasteiger partial charge in [0.15, 0.2) is 0 Å². The van der Waals surface area contributed by atoms with Gasteiger partial charge in [0.1, 0.15) is 4.83 Å². The Bertz CT molecular complexity index is 164. The largest absolute Gasteiger partial charge is 0.468 e. The van der Waals surface area contributed by atoms with E-state index >= 15 is 0 Å². The van der Waals surface area contributed by atoms with Crippen molar-refractivity contribution in [3.63, 3.8) is 0 Å². The fraction of sp³-hybridized carbons (Fsp3) is 0.900. The van der Waals surface area contributed by atoms with Crippen molar-refractivity contribution in [1.29, 1.82) is 0 Å². The Hall–Kier alpha value is -0.0500. The number of alkyl halides is 1. The summed E-state index contributed by atoms with van der Waals surface area (Å²) in [4.78, 5) is 11.0. The highest BCUT2D eigenvalue weighted by Gasteiger charge is 2.22. The molecular formula is C10H17BrO2. The summed E-state index contributed by atoms with van der Waals surface area (Å²) in [6.45, 7) is 0. The predicted octanol–water partition coefficient (Wildman–Crippen LogP) is 2.89. The van der Waals surface area contributed by atoms with Gasteiger partial charge in [-0.3, -0.25) is 4.79 Å². The number of halogens is 1. The van der Waals surface area contributed by atoms with Gasteiger partial charge < -0.3 is 4.74 Å². The Balaban J connectivity index is 2.25. The highest BCUT2D eigenvalue weighted by molar-refractivity contribution is 9.10. The van der Waals surface area contributed by atoms with Gasteiger partial charge in [0.25, 0.3) is 0 Å². The Morgan fingerprint density at radius 3 is 2.62 bits per heavy atom. The molecular weight excluding hydrogens is 232 g/mol. The smallest absolute Gasteiger partial charge is 0.319 e. The molecule has 0 N–H and O–H groups in total. The van der Waals surface area contributed by atoms with Crippen molar-refractivity contribution in [1.82, 2.24) is 0 Å². The fourth-order valence-corrected chi connectivity index (χ4v) is 2.66. The van der Waals surface area contributed by atoms with Gasteiger partial charge in [-0.15, -0.1) is 0 Å². The van der Waals surface area contributed by atoms with E-state index in [1.54, 1.807) is 0 Å². The molecule has 0 bridgehead atoms. The Labute approximate surface area is 88.2 Å². The number of hydrogen-bond acceptors (Lipinski definition) is 2. The normalized spacial score (nSPS) is 21.1. The van der Waals surface area contributed by atoms with Gasteiger partial charge in [0, 0.05) is 0 Å². The number of ether oxygens (including phenoxy) is 1. The molecule has 0 aliphatic heterocycles. The number of carbonyl (C=O) groups is 1. The molecule has 13 heavy (non-hydrogen) atoms. The molecule has 1 atom stereocenters. The average Bonchev–Trinajstić information content (AvgIpc) is 2.18. The molecule has 0 radical (unpaired) electrons. The summed E-state index contributed by atoms with van der Waals surface area (Å²) in [5, 5.41) is 0. The second-order valence-electron chi connectivity index (χ2n) is 3.73. The quantitative estimate of drug-likeness (QED) is 0.567. The van der Waals surface area contributed by atoms with Crippen LogP contribution in [-0.4, -0.2) is 17.9 Å². The van der Waals surface area contributed by atoms with E-state index in [0.29, 0.717) is 0 Å². The van der Waals surface area contributed by atoms with Crippen LogP contribution in [-0.2, 0) is 9.53 Å². The number of rotatable bonds is 3. The van der Waals surface area contributed by atoms with E-state index < -0.39 is 0 Å². The van der Waals surface area contributed by atoms with Crippen LogP contribution in [0.2, 0.25) is 0 Å². The topological polar surface area (TPSA) is 26.3 Å². The molecule has 1 saturated carbocycles. The molecule has 0 aromatic heterocycles. The van der Waals surface area contributed by atoms with Crippen LogP contribution in [0.3, 0.4) is 0 Å². The Kier molecular flexibility index (Phi) is 4.78. The van der Waals surface area contributed by atoms with Crippen molar-refractivity contribution >= 4 is 21.9 Å². The molecule has 1 fully saturated rings. The number of hydrogen-bond donors (Lipinski definition) is 0. The molecule has 1 aliphatic rings. The van der Waals surface area contributed by atoms with Gasteiger partial charge in [-0.25, -0.2) is 0 Å². The van der Waals surface area contributed by atoms with Crippen LogP contribution in [0.25, 0.3) is 0 Å². The molecule has 1 aliphatic carbocycles. The molecule has 1 unspecified atom stereocenters. The molecule has 0 aromatic rings. The van der Waals surface area contributed by atoms with E-state index in [4.69, 9.17) is 0 Å². The first-order valence-corrected chi connectivity index (χ1v) is 5.87. The SMILES string of the molecule is COC(=O)C(Br)CC1CCCCC1. The third-order valence-corrected chi connectivity index (χ3v) is 3.47. The van der Waals surface area contributed by atoms with E-state index in [9.17, 15) is 4.79 Å². The molecule has 76 valence electrons. The highest BCUT2D eigenvalue weighted by atomic mass is 79.9. The van der Waals surface area contributed by atoms with Crippen LogP contribution < -0.4 is 0 Å². The third-order valence-electron chi connectivity index (χ3n) is 2.72. The minimum absolute atomic E-state index is 0.0967. The maximum absolute atomic E-state index is 11.1. The predicted molar refractivity (Wildman–Crippen MR) is 55.9 cm³/mol. The van der Waals surface area contributed by atoms with Crippen molar-refractivity contribution in [2.24, 2.45) is 5.92 Å². The van der Waals surface area contributed by atoms with Crippen molar-refractivity contribution in [3.05, 3.63) is 0 Å². The monoisotopic (exact) mass is 248 g/mol. The lowest BCUT2D eigenvalue weighted by molar-refractivity contribution is -0.140. The molecule has 0 amide bonds. The minimum atomic E-state index is -0.134. The molecule has 0 saturated heterocycles. The van der Waals surface area contributed by atoms with Gasteiger partial charge in [0.2, 0.25) is 0 Å². The maximum Gasteiger partial charge on any atom is 0.319 e. The lowest BCUT2D eigenvalue weighted by atomic mass is 9.86. The summed E-state index contributed by atoms with van der Waals surface area (Å²) >= 11 is 3.36. The summed E-state index contributed by atoms with van der Waals surface area (Å²) in [5.41, 5.74) is 0. The first-order valence-electron chi connectivity index (χ1n) is 4.96. The number of esters is 1. The van der Waals surface area contributed by atoms with Gasteiger partial charge >= 0.3 is 5.97 Å². The number of methoxy groups -OCH3 is 1. The van der Waals surface area contributed by atoms with Crippen molar-refractivity contribution in [2.75, 3.05) is 7.11 Å². The van der Waals surface area contributed by atoms with Gasteiger partial charge in [-0.2, -0.15) is 0 Å². The van der Waals surface area contributed by atoms with E-state index in [1.165, 1.54) is 39.2 Å². The van der Waals surface area contributed by atoms with Crippen LogP contribution >= 0.6 is 15.9 Å². The van der Waals surface area contributed by atoms with Crippen LogP contribution in [0, 0.1) is 5.92 Å². The average molecular weight is 249 g/mol. The van der Waals surface area contributed by atoms with Crippen LogP contribution in [0.4, 0.5) is 0 Å². The molecule has 1 rings (SSSR count). The van der Waals surface area contributed by atoms with Crippen LogP contribution in [0.1, 0.15) is 38.5 Å². The summed E-state index contributed by atoms with van der Waals surface area (Å²) in [6.07, 6.45) is 7.50. The maximum atomic E-state index is 11.1. The second-order valence-corrected chi connectivity index (χ2v) is 4.84. The van der Waals surface area contributed by atoms with Crippen molar-refractivity contribution in [2.45, 2.75) is 43.4 Å². The van der Waals surface area contributed by atoms with Gasteiger partial charge in [0.05, 0.1) is 7.11 Å². The lowest BCUT2D eigenvalue weighted by Crippen LogP contribution is -2.20. The van der Waals surface area contributed by atoms with Gasteiger partial charge in [-0.05, 0) is 12.3 Å². The van der Waals surface area contributed by atoms with E-state index in [2.05, 4.69) is 20.7 Å². The first kappa shape index (κ1) is 11.0. The van der Waals surface area contributed by atoms with Crippen molar-refractivity contribution < 1.29 is 9.53 Å². The molecule has 2 nitrogen and oxygen atoms in total. The zero-order valence-electron chi connectivity index (χ0n) is 8.09. The van der Waals surface area contributed by atoms with E-state index in [1.807, 2.05) is 0 Å². The molecule has 0 heterocycles. The fourth-order valence-electron chi connectivity index (χ4n) is 1.94. The van der Waals surface area contributed by atoms with E-state index in [0.717, 1.165) is 12.3 Å². The summed E-state index contributed by atoms with van der Waals surface area (Å²) in [5.74, 6) is 0.586. The molecule has 0 aromatic carbocycles. The zero-order valence-corrected chi connectivity index (χ0v) is 9.68. The Morgan fingerprint density at radius 1 is 1.46 bits per heavy atom. The highest BCUT2D eigenvalue weighted by Crippen LogP contribution is 2.29.